The summed E-state index contributed by atoms with van der Waals surface area (Å²) in [7, 11) is -5.35. The highest BCUT2D eigenvalue weighted by atomic mass is 28.3. The second kappa shape index (κ2) is 14.0. The molecule has 8 aromatic carbocycles. The molecule has 0 N–H and O–H groups in total. The summed E-state index contributed by atoms with van der Waals surface area (Å²) in [5, 5.41) is 11.1. The van der Waals surface area contributed by atoms with E-state index < -0.39 is 16.1 Å². The number of hydrogen-bond donors (Lipinski definition) is 0. The first-order chi connectivity index (χ1) is 24.8. The zero-order chi connectivity index (χ0) is 33.6. The molecule has 0 aliphatic carbocycles. The van der Waals surface area contributed by atoms with Crippen LogP contribution in [-0.4, -0.2) is 16.1 Å². The Bertz CT molecular complexity index is 2080. The highest BCUT2D eigenvalue weighted by Gasteiger charge is 2.44. The molecule has 0 nitrogen and oxygen atoms in total. The van der Waals surface area contributed by atoms with Crippen molar-refractivity contribution in [3.8, 4) is 11.1 Å². The van der Waals surface area contributed by atoms with Crippen molar-refractivity contribution in [2.24, 2.45) is 0 Å². The second-order valence-corrected chi connectivity index (χ2v) is 20.4. The fraction of sp³-hybridized carbons (Fsp3) is 0. The van der Waals surface area contributed by atoms with E-state index in [0.29, 0.717) is 0 Å². The molecule has 0 bridgehead atoms. The standard InChI is InChI=1S/C48H38Si2/c1-7-21-40(22-8-1)49(41-23-9-2-10-24-41,42-25-11-3-12-26-42)46-37-35-39(36-38-46)47-33-19-20-34-48(47)50(43-27-13-4-14-28-43,44-29-15-5-16-30-44)45-31-17-6-18-32-45/h1-38H. The minimum atomic E-state index is -2.73. The SMILES string of the molecule is c1ccc([Si](c2ccccc2)(c2ccccc2)c2ccc(-c3ccccc3[Si](c3ccccc3)(c3ccccc3)c3ccccc3)cc2)cc1. The molecule has 0 fully saturated rings. The Balaban J connectivity index is 1.37. The second-order valence-electron chi connectivity index (χ2n) is 12.8. The quantitative estimate of drug-likeness (QED) is 0.129. The summed E-state index contributed by atoms with van der Waals surface area (Å²) >= 11 is 0. The Kier molecular flexibility index (Phi) is 8.79. The monoisotopic (exact) mass is 670 g/mol. The summed E-state index contributed by atoms with van der Waals surface area (Å²) in [5.74, 6) is 0. The van der Waals surface area contributed by atoms with Crippen LogP contribution in [0.2, 0.25) is 0 Å². The van der Waals surface area contributed by atoms with Crippen molar-refractivity contribution in [2.75, 3.05) is 0 Å². The summed E-state index contributed by atoms with van der Waals surface area (Å²) in [6, 6.07) is 85.8. The number of benzene rings is 8. The van der Waals surface area contributed by atoms with E-state index in [-0.39, 0.29) is 0 Å². The van der Waals surface area contributed by atoms with Crippen LogP contribution in [0.25, 0.3) is 11.1 Å². The first-order valence-electron chi connectivity index (χ1n) is 17.4. The fourth-order valence-electron chi connectivity index (χ4n) is 8.06. The predicted octanol–water partition coefficient (Wildman–Crippen LogP) is 6.11. The Hall–Kier alpha value is -5.81. The smallest absolute Gasteiger partial charge is 0.0623 e. The van der Waals surface area contributed by atoms with E-state index in [4.69, 9.17) is 0 Å². The number of hydrogen-bond acceptors (Lipinski definition) is 0. The molecule has 0 spiro atoms. The molecule has 0 saturated heterocycles. The maximum atomic E-state index is 2.42. The molecule has 0 aliphatic rings. The third-order valence-corrected chi connectivity index (χ3v) is 19.8. The molecular weight excluding hydrogens is 633 g/mol. The molecule has 0 saturated carbocycles. The van der Waals surface area contributed by atoms with Gasteiger partial charge in [0, 0.05) is 0 Å². The van der Waals surface area contributed by atoms with Crippen LogP contribution in [0.1, 0.15) is 0 Å². The molecule has 0 radical (unpaired) electrons. The topological polar surface area (TPSA) is 0 Å². The fourth-order valence-corrected chi connectivity index (χ4v) is 17.8. The van der Waals surface area contributed by atoms with Crippen LogP contribution in [-0.2, 0) is 0 Å². The van der Waals surface area contributed by atoms with Gasteiger partial charge in [-0.25, -0.2) is 0 Å². The summed E-state index contributed by atoms with van der Waals surface area (Å²) in [6.07, 6.45) is 0. The van der Waals surface area contributed by atoms with Crippen LogP contribution in [0.15, 0.2) is 231 Å². The predicted molar refractivity (Wildman–Crippen MR) is 219 cm³/mol. The van der Waals surface area contributed by atoms with Crippen molar-refractivity contribution in [3.05, 3.63) is 231 Å². The summed E-state index contributed by atoms with van der Waals surface area (Å²) in [5.41, 5.74) is 2.52. The molecule has 0 unspecified atom stereocenters. The van der Waals surface area contributed by atoms with Crippen LogP contribution >= 0.6 is 0 Å². The molecule has 0 amide bonds. The Morgan fingerprint density at radius 1 is 0.200 bits per heavy atom. The average molecular weight is 671 g/mol. The van der Waals surface area contributed by atoms with Gasteiger partial charge in [-0.05, 0) is 52.6 Å². The van der Waals surface area contributed by atoms with Crippen molar-refractivity contribution < 1.29 is 0 Å². The van der Waals surface area contributed by atoms with Gasteiger partial charge in [0.1, 0.15) is 0 Å². The first kappa shape index (κ1) is 31.5. The molecule has 8 aromatic rings. The van der Waals surface area contributed by atoms with Crippen molar-refractivity contribution in [3.63, 3.8) is 0 Å². The molecule has 0 atom stereocenters. The zero-order valence-corrected chi connectivity index (χ0v) is 29.9. The van der Waals surface area contributed by atoms with Crippen LogP contribution in [0.3, 0.4) is 0 Å². The van der Waals surface area contributed by atoms with E-state index in [1.54, 1.807) is 0 Å². The van der Waals surface area contributed by atoms with Crippen LogP contribution < -0.4 is 41.5 Å². The van der Waals surface area contributed by atoms with Gasteiger partial charge in [-0.3, -0.25) is 0 Å². The summed E-state index contributed by atoms with van der Waals surface area (Å²) < 4.78 is 0. The average Bonchev–Trinajstić information content (AvgIpc) is 3.22. The van der Waals surface area contributed by atoms with Crippen molar-refractivity contribution >= 4 is 57.6 Å². The van der Waals surface area contributed by atoms with Gasteiger partial charge in [-0.15, -0.1) is 0 Å². The van der Waals surface area contributed by atoms with Gasteiger partial charge >= 0.3 is 0 Å². The molecule has 0 heterocycles. The molecular formula is C48H38Si2. The lowest BCUT2D eigenvalue weighted by Gasteiger charge is -2.36. The normalized spacial score (nSPS) is 11.6. The minimum Gasteiger partial charge on any atom is -0.0623 e. The molecule has 0 aromatic heterocycles. The van der Waals surface area contributed by atoms with E-state index in [0.717, 1.165) is 0 Å². The van der Waals surface area contributed by atoms with Gasteiger partial charge in [-0.1, -0.05) is 231 Å². The molecule has 0 aliphatic heterocycles. The Morgan fingerprint density at radius 2 is 0.460 bits per heavy atom. The molecule has 8 rings (SSSR count). The van der Waals surface area contributed by atoms with Crippen molar-refractivity contribution in [1.82, 2.24) is 0 Å². The summed E-state index contributed by atoms with van der Waals surface area (Å²) in [6.45, 7) is 0. The molecule has 50 heavy (non-hydrogen) atoms. The van der Waals surface area contributed by atoms with E-state index in [1.807, 2.05) is 0 Å². The zero-order valence-electron chi connectivity index (χ0n) is 27.9. The minimum absolute atomic E-state index is 1.24. The van der Waals surface area contributed by atoms with Gasteiger partial charge in [0.2, 0.25) is 0 Å². The van der Waals surface area contributed by atoms with Crippen LogP contribution in [0, 0.1) is 0 Å². The summed E-state index contributed by atoms with van der Waals surface area (Å²) in [4.78, 5) is 0. The van der Waals surface area contributed by atoms with E-state index in [1.165, 1.54) is 52.6 Å². The van der Waals surface area contributed by atoms with Crippen molar-refractivity contribution in [1.29, 1.82) is 0 Å². The first-order valence-corrected chi connectivity index (χ1v) is 21.4. The highest BCUT2D eigenvalue weighted by molar-refractivity contribution is 7.21. The van der Waals surface area contributed by atoms with Gasteiger partial charge in [0.05, 0.1) is 0 Å². The maximum absolute atomic E-state index is 2.73. The van der Waals surface area contributed by atoms with Crippen LogP contribution in [0.4, 0.5) is 0 Å². The van der Waals surface area contributed by atoms with Gasteiger partial charge < -0.3 is 0 Å². The van der Waals surface area contributed by atoms with E-state index in [2.05, 4.69) is 231 Å². The lowest BCUT2D eigenvalue weighted by molar-refractivity contribution is 1.62. The third-order valence-electron chi connectivity index (χ3n) is 10.2. The highest BCUT2D eigenvalue weighted by Crippen LogP contribution is 2.22. The van der Waals surface area contributed by atoms with Crippen LogP contribution in [0.5, 0.6) is 0 Å². The third kappa shape index (κ3) is 5.40. The van der Waals surface area contributed by atoms with Gasteiger partial charge in [0.15, 0.2) is 16.1 Å². The van der Waals surface area contributed by atoms with E-state index in [9.17, 15) is 0 Å². The van der Waals surface area contributed by atoms with Crippen molar-refractivity contribution in [2.45, 2.75) is 0 Å². The van der Waals surface area contributed by atoms with Gasteiger partial charge in [-0.2, -0.15) is 0 Å². The Morgan fingerprint density at radius 3 is 0.800 bits per heavy atom. The lowest BCUT2D eigenvalue weighted by Crippen LogP contribution is -2.75. The largest absolute Gasteiger partial charge is 0.180 e. The maximum Gasteiger partial charge on any atom is 0.180 e. The molecule has 2 heteroatoms. The van der Waals surface area contributed by atoms with Gasteiger partial charge in [0.25, 0.3) is 0 Å². The molecule has 238 valence electrons. The number of rotatable bonds is 9. The van der Waals surface area contributed by atoms with E-state index >= 15 is 0 Å². The Labute approximate surface area is 298 Å². The lowest BCUT2D eigenvalue weighted by atomic mass is 10.1.